The molecule has 0 atom stereocenters. The van der Waals surface area contributed by atoms with E-state index in [2.05, 4.69) is 17.2 Å². The van der Waals surface area contributed by atoms with E-state index < -0.39 is 11.7 Å². The average Bonchev–Trinajstić information content (AvgIpc) is 2.44. The third kappa shape index (κ3) is 4.06. The molecule has 0 unspecified atom stereocenters. The third-order valence-electron chi connectivity index (χ3n) is 2.59. The van der Waals surface area contributed by atoms with Gasteiger partial charge in [-0.25, -0.2) is 4.39 Å². The molecular weight excluding hydrogens is 293 g/mol. The van der Waals surface area contributed by atoms with Gasteiger partial charge >= 0.3 is 0 Å². The van der Waals surface area contributed by atoms with Crippen LogP contribution < -0.4 is 5.32 Å². The highest BCUT2D eigenvalue weighted by Gasteiger charge is 2.10. The highest BCUT2D eigenvalue weighted by molar-refractivity contribution is 6.31. The van der Waals surface area contributed by atoms with Crippen LogP contribution in [0.5, 0.6) is 0 Å². The zero-order chi connectivity index (χ0) is 15.2. The molecular formula is C16H11ClFNO2. The molecule has 21 heavy (non-hydrogen) atoms. The smallest absolute Gasteiger partial charge is 0.256 e. The van der Waals surface area contributed by atoms with Crippen molar-refractivity contribution < 1.29 is 14.3 Å². The van der Waals surface area contributed by atoms with E-state index in [1.54, 1.807) is 24.3 Å². The first-order chi connectivity index (χ1) is 10.1. The van der Waals surface area contributed by atoms with E-state index >= 15 is 0 Å². The number of carbonyl (C=O) groups excluding carboxylic acids is 1. The summed E-state index contributed by atoms with van der Waals surface area (Å²) in [4.78, 5) is 12.2. The number of aliphatic hydroxyl groups excluding tert-OH is 1. The number of nitrogens with one attached hydrogen (secondary N) is 1. The highest BCUT2D eigenvalue weighted by atomic mass is 35.5. The Morgan fingerprint density at radius 3 is 2.76 bits per heavy atom. The van der Waals surface area contributed by atoms with Crippen molar-refractivity contribution in [3.8, 4) is 11.8 Å². The van der Waals surface area contributed by atoms with E-state index in [0.717, 1.165) is 6.07 Å². The molecule has 0 saturated carbocycles. The molecule has 2 rings (SSSR count). The van der Waals surface area contributed by atoms with Gasteiger partial charge in [-0.2, -0.15) is 0 Å². The van der Waals surface area contributed by atoms with Crippen LogP contribution in [0.15, 0.2) is 42.5 Å². The maximum absolute atomic E-state index is 13.2. The van der Waals surface area contributed by atoms with E-state index in [1.807, 2.05) is 0 Å². The van der Waals surface area contributed by atoms with Crippen molar-refractivity contribution in [3.63, 3.8) is 0 Å². The number of carbonyl (C=O) groups is 1. The summed E-state index contributed by atoms with van der Waals surface area (Å²) in [7, 11) is 0. The van der Waals surface area contributed by atoms with Gasteiger partial charge < -0.3 is 10.4 Å². The summed E-state index contributed by atoms with van der Waals surface area (Å²) in [5, 5.41) is 11.5. The molecule has 2 aromatic rings. The monoisotopic (exact) mass is 303 g/mol. The van der Waals surface area contributed by atoms with Gasteiger partial charge in [0.1, 0.15) is 12.4 Å². The number of hydrogen-bond donors (Lipinski definition) is 2. The highest BCUT2D eigenvalue weighted by Crippen LogP contribution is 2.19. The zero-order valence-corrected chi connectivity index (χ0v) is 11.6. The maximum Gasteiger partial charge on any atom is 0.256 e. The SMILES string of the molecule is O=C(Nc1cc(F)cc(Cl)c1)c1ccccc1C#CCO. The van der Waals surface area contributed by atoms with E-state index in [9.17, 15) is 9.18 Å². The lowest BCUT2D eigenvalue weighted by Gasteiger charge is -2.07. The summed E-state index contributed by atoms with van der Waals surface area (Å²) in [6, 6.07) is 10.5. The molecule has 106 valence electrons. The molecule has 3 nitrogen and oxygen atoms in total. The van der Waals surface area contributed by atoms with Crippen molar-refractivity contribution in [1.82, 2.24) is 0 Å². The maximum atomic E-state index is 13.2. The van der Waals surface area contributed by atoms with Crippen molar-refractivity contribution >= 4 is 23.2 Å². The Hall–Kier alpha value is -2.35. The summed E-state index contributed by atoms with van der Waals surface area (Å²) >= 11 is 5.74. The molecule has 0 aliphatic heterocycles. The minimum atomic E-state index is -0.536. The summed E-state index contributed by atoms with van der Waals surface area (Å²) in [6.45, 7) is -0.296. The topological polar surface area (TPSA) is 49.3 Å². The largest absolute Gasteiger partial charge is 0.384 e. The van der Waals surface area contributed by atoms with Gasteiger partial charge in [-0.15, -0.1) is 0 Å². The first kappa shape index (κ1) is 15.0. The van der Waals surface area contributed by atoms with Crippen LogP contribution in [0.4, 0.5) is 10.1 Å². The van der Waals surface area contributed by atoms with Crippen molar-refractivity contribution in [2.24, 2.45) is 0 Å². The van der Waals surface area contributed by atoms with Crippen LogP contribution in [0, 0.1) is 17.7 Å². The molecule has 0 heterocycles. The van der Waals surface area contributed by atoms with Gasteiger partial charge in [0.25, 0.3) is 5.91 Å². The van der Waals surface area contributed by atoms with E-state index in [1.165, 1.54) is 12.1 Å². The summed E-state index contributed by atoms with van der Waals surface area (Å²) in [6.07, 6.45) is 0. The summed E-state index contributed by atoms with van der Waals surface area (Å²) < 4.78 is 13.2. The normalized spacial score (nSPS) is 9.67. The molecule has 0 saturated heterocycles. The van der Waals surface area contributed by atoms with E-state index in [4.69, 9.17) is 16.7 Å². The molecule has 2 N–H and O–H groups in total. The average molecular weight is 304 g/mol. The molecule has 0 aliphatic carbocycles. The predicted molar refractivity (Wildman–Crippen MR) is 79.8 cm³/mol. The van der Waals surface area contributed by atoms with Crippen LogP contribution in [-0.2, 0) is 0 Å². The quantitative estimate of drug-likeness (QED) is 0.838. The number of halogens is 2. The predicted octanol–water partition coefficient (Wildman–Crippen LogP) is 3.08. The Balaban J connectivity index is 2.28. The molecule has 0 spiro atoms. The van der Waals surface area contributed by atoms with E-state index in [-0.39, 0.29) is 17.3 Å². The van der Waals surface area contributed by atoms with Gasteiger partial charge in [0.15, 0.2) is 0 Å². The second-order valence-corrected chi connectivity index (χ2v) is 4.55. The van der Waals surface area contributed by atoms with Gasteiger partial charge in [0.05, 0.1) is 5.56 Å². The number of hydrogen-bond acceptors (Lipinski definition) is 2. The summed E-state index contributed by atoms with van der Waals surface area (Å²) in [5.74, 6) is 4.21. The van der Waals surface area contributed by atoms with E-state index in [0.29, 0.717) is 11.1 Å². The van der Waals surface area contributed by atoms with Crippen molar-refractivity contribution in [3.05, 3.63) is 64.4 Å². The fourth-order valence-electron chi connectivity index (χ4n) is 1.75. The molecule has 0 fully saturated rings. The number of aliphatic hydroxyl groups is 1. The molecule has 0 bridgehead atoms. The molecule has 0 radical (unpaired) electrons. The van der Waals surface area contributed by atoms with Crippen molar-refractivity contribution in [2.45, 2.75) is 0 Å². The zero-order valence-electron chi connectivity index (χ0n) is 10.9. The van der Waals surface area contributed by atoms with Gasteiger partial charge in [0.2, 0.25) is 0 Å². The van der Waals surface area contributed by atoms with Crippen LogP contribution in [0.1, 0.15) is 15.9 Å². The fourth-order valence-corrected chi connectivity index (χ4v) is 1.97. The number of benzene rings is 2. The Bertz CT molecular complexity index is 714. The second kappa shape index (κ2) is 6.89. The lowest BCUT2D eigenvalue weighted by Crippen LogP contribution is -2.13. The third-order valence-corrected chi connectivity index (χ3v) is 2.81. The molecule has 1 amide bonds. The first-order valence-electron chi connectivity index (χ1n) is 6.06. The Labute approximate surface area is 126 Å². The molecule has 0 aromatic heterocycles. The lowest BCUT2D eigenvalue weighted by atomic mass is 10.1. The van der Waals surface area contributed by atoms with Crippen LogP contribution in [0.2, 0.25) is 5.02 Å². The van der Waals surface area contributed by atoms with Gasteiger partial charge in [0, 0.05) is 16.3 Å². The molecule has 5 heteroatoms. The van der Waals surface area contributed by atoms with Crippen molar-refractivity contribution in [1.29, 1.82) is 0 Å². The molecule has 2 aromatic carbocycles. The number of amides is 1. The Morgan fingerprint density at radius 1 is 1.29 bits per heavy atom. The standard InChI is InChI=1S/C16H11ClFNO2/c17-12-8-13(18)10-14(9-12)19-16(21)15-6-2-1-4-11(15)5-3-7-20/h1-2,4,6,8-10,20H,7H2,(H,19,21). The minimum absolute atomic E-state index is 0.193. The molecule has 0 aliphatic rings. The van der Waals surface area contributed by atoms with Crippen LogP contribution >= 0.6 is 11.6 Å². The van der Waals surface area contributed by atoms with Gasteiger partial charge in [-0.1, -0.05) is 35.6 Å². The van der Waals surface area contributed by atoms with Crippen LogP contribution in [0.3, 0.4) is 0 Å². The minimum Gasteiger partial charge on any atom is -0.384 e. The van der Waals surface area contributed by atoms with Gasteiger partial charge in [-0.3, -0.25) is 4.79 Å². The second-order valence-electron chi connectivity index (χ2n) is 4.12. The number of rotatable bonds is 2. The lowest BCUT2D eigenvalue weighted by molar-refractivity contribution is 0.102. The van der Waals surface area contributed by atoms with Gasteiger partial charge in [-0.05, 0) is 30.3 Å². The van der Waals surface area contributed by atoms with Crippen molar-refractivity contribution in [2.75, 3.05) is 11.9 Å². The number of anilines is 1. The Morgan fingerprint density at radius 2 is 2.05 bits per heavy atom. The van der Waals surface area contributed by atoms with Crippen LogP contribution in [0.25, 0.3) is 0 Å². The fraction of sp³-hybridized carbons (Fsp3) is 0.0625. The first-order valence-corrected chi connectivity index (χ1v) is 6.44. The van der Waals surface area contributed by atoms with Crippen LogP contribution in [-0.4, -0.2) is 17.6 Å². The Kier molecular flexibility index (Phi) is 4.94. The summed E-state index contributed by atoms with van der Waals surface area (Å²) in [5.41, 5.74) is 1.07.